The lowest BCUT2D eigenvalue weighted by Gasteiger charge is -2.22. The van der Waals surface area contributed by atoms with E-state index in [0.717, 1.165) is 19.3 Å². The Morgan fingerprint density at radius 1 is 1.41 bits per heavy atom. The van der Waals surface area contributed by atoms with E-state index in [1.807, 2.05) is 0 Å². The van der Waals surface area contributed by atoms with Gasteiger partial charge in [0.15, 0.2) is 5.69 Å². The summed E-state index contributed by atoms with van der Waals surface area (Å²) in [6.07, 6.45) is 4.68. The molecule has 1 aromatic rings. The molecule has 1 aliphatic rings. The quantitative estimate of drug-likeness (QED) is 0.793. The molecule has 8 heteroatoms. The number of methoxy groups -OCH3 is 2. The Bertz CT molecular complexity index is 523. The van der Waals surface area contributed by atoms with Crippen LogP contribution in [0.1, 0.15) is 42.4 Å². The highest BCUT2D eigenvalue weighted by atomic mass is 16.5. The molecule has 1 N–H and O–H groups in total. The first kappa shape index (κ1) is 16.3. The van der Waals surface area contributed by atoms with Crippen molar-refractivity contribution < 1.29 is 23.8 Å². The summed E-state index contributed by atoms with van der Waals surface area (Å²) in [6.45, 7) is 1.02. The van der Waals surface area contributed by atoms with Gasteiger partial charge < -0.3 is 19.5 Å². The Hall–Kier alpha value is -2.09. The van der Waals surface area contributed by atoms with E-state index in [1.54, 1.807) is 10.9 Å². The molecule has 1 aliphatic heterocycles. The number of rotatable bonds is 6. The fourth-order valence-corrected chi connectivity index (χ4v) is 2.25. The van der Waals surface area contributed by atoms with Gasteiger partial charge in [-0.2, -0.15) is 5.10 Å². The van der Waals surface area contributed by atoms with Crippen LogP contribution in [0.2, 0.25) is 0 Å². The largest absolute Gasteiger partial charge is 0.469 e. The summed E-state index contributed by atoms with van der Waals surface area (Å²) in [4.78, 5) is 22.9. The zero-order valence-electron chi connectivity index (χ0n) is 12.8. The molecule has 0 aliphatic carbocycles. The zero-order valence-corrected chi connectivity index (χ0v) is 12.8. The van der Waals surface area contributed by atoms with E-state index >= 15 is 0 Å². The number of aromatic nitrogens is 2. The highest BCUT2D eigenvalue weighted by molar-refractivity contribution is 5.93. The molecule has 8 nitrogen and oxygen atoms in total. The SMILES string of the molecule is COC(=O)CCNc1cn(C2CCCCO2)nc1C(=O)OC. The minimum absolute atomic E-state index is 0.173. The van der Waals surface area contributed by atoms with Gasteiger partial charge in [0, 0.05) is 13.2 Å². The normalized spacial score (nSPS) is 17.8. The van der Waals surface area contributed by atoms with Crippen molar-refractivity contribution in [3.05, 3.63) is 11.9 Å². The number of nitrogens with one attached hydrogen (secondary N) is 1. The number of nitrogens with zero attached hydrogens (tertiary/aromatic N) is 2. The van der Waals surface area contributed by atoms with Gasteiger partial charge in [-0.3, -0.25) is 4.79 Å². The van der Waals surface area contributed by atoms with E-state index in [9.17, 15) is 9.59 Å². The molecule has 22 heavy (non-hydrogen) atoms. The summed E-state index contributed by atoms with van der Waals surface area (Å²) < 4.78 is 16.6. The van der Waals surface area contributed by atoms with E-state index in [-0.39, 0.29) is 24.3 Å². The van der Waals surface area contributed by atoms with Gasteiger partial charge in [-0.1, -0.05) is 0 Å². The highest BCUT2D eigenvalue weighted by Gasteiger charge is 2.23. The van der Waals surface area contributed by atoms with Crippen molar-refractivity contribution in [3.63, 3.8) is 0 Å². The second kappa shape index (κ2) is 7.79. The molecule has 0 saturated carbocycles. The summed E-state index contributed by atoms with van der Waals surface area (Å²) in [5.74, 6) is -0.856. The molecule has 2 heterocycles. The first-order valence-electron chi connectivity index (χ1n) is 7.25. The third kappa shape index (κ3) is 3.97. The maximum Gasteiger partial charge on any atom is 0.360 e. The molecule has 1 saturated heterocycles. The number of esters is 2. The number of carbonyl (C=O) groups is 2. The Morgan fingerprint density at radius 3 is 2.86 bits per heavy atom. The van der Waals surface area contributed by atoms with Gasteiger partial charge in [0.2, 0.25) is 0 Å². The van der Waals surface area contributed by atoms with E-state index in [2.05, 4.69) is 15.2 Å². The monoisotopic (exact) mass is 311 g/mol. The van der Waals surface area contributed by atoms with Crippen LogP contribution in [0, 0.1) is 0 Å². The van der Waals surface area contributed by atoms with Gasteiger partial charge in [-0.15, -0.1) is 0 Å². The lowest BCUT2D eigenvalue weighted by molar-refractivity contribution is -0.140. The molecule has 122 valence electrons. The van der Waals surface area contributed by atoms with E-state index < -0.39 is 5.97 Å². The number of hydrogen-bond acceptors (Lipinski definition) is 7. The van der Waals surface area contributed by atoms with Crippen molar-refractivity contribution in [2.24, 2.45) is 0 Å². The molecule has 1 fully saturated rings. The zero-order chi connectivity index (χ0) is 15.9. The maximum atomic E-state index is 11.8. The van der Waals surface area contributed by atoms with Gasteiger partial charge in [-0.25, -0.2) is 9.48 Å². The van der Waals surface area contributed by atoms with Gasteiger partial charge in [0.25, 0.3) is 0 Å². The standard InChI is InChI=1S/C14H21N3O5/c1-20-12(18)6-7-15-10-9-17(11-5-3-4-8-22-11)16-13(10)14(19)21-2/h9,11,15H,3-8H2,1-2H3. The molecule has 1 aromatic heterocycles. The van der Waals surface area contributed by atoms with Gasteiger partial charge in [0.1, 0.15) is 6.23 Å². The fraction of sp³-hybridized carbons (Fsp3) is 0.643. The Morgan fingerprint density at radius 2 is 2.23 bits per heavy atom. The Balaban J connectivity index is 2.09. The van der Waals surface area contributed by atoms with E-state index in [4.69, 9.17) is 9.47 Å². The van der Waals surface area contributed by atoms with Crippen LogP contribution in [0.4, 0.5) is 5.69 Å². The third-order valence-electron chi connectivity index (χ3n) is 3.43. The van der Waals surface area contributed by atoms with Gasteiger partial charge >= 0.3 is 11.9 Å². The molecule has 0 amide bonds. The summed E-state index contributed by atoms with van der Waals surface area (Å²) >= 11 is 0. The Kier molecular flexibility index (Phi) is 5.76. The molecule has 2 rings (SSSR count). The van der Waals surface area contributed by atoms with Gasteiger partial charge in [0.05, 0.1) is 32.5 Å². The predicted molar refractivity (Wildman–Crippen MR) is 77.5 cm³/mol. The topological polar surface area (TPSA) is 91.7 Å². The molecular weight excluding hydrogens is 290 g/mol. The van der Waals surface area contributed by atoms with Crippen molar-refractivity contribution in [1.82, 2.24) is 9.78 Å². The second-order valence-electron chi connectivity index (χ2n) is 4.94. The second-order valence-corrected chi connectivity index (χ2v) is 4.94. The Labute approximate surface area is 128 Å². The molecule has 1 unspecified atom stereocenters. The summed E-state index contributed by atoms with van der Waals surface area (Å²) in [5, 5.41) is 7.27. The first-order valence-corrected chi connectivity index (χ1v) is 7.25. The highest BCUT2D eigenvalue weighted by Crippen LogP contribution is 2.25. The lowest BCUT2D eigenvalue weighted by Crippen LogP contribution is -2.19. The molecule has 0 bridgehead atoms. The van der Waals surface area contributed by atoms with Crippen molar-refractivity contribution in [1.29, 1.82) is 0 Å². The average molecular weight is 311 g/mol. The molecule has 0 spiro atoms. The molecule has 1 atom stereocenters. The minimum Gasteiger partial charge on any atom is -0.469 e. The molecular formula is C14H21N3O5. The third-order valence-corrected chi connectivity index (χ3v) is 3.43. The van der Waals surface area contributed by atoms with Crippen LogP contribution in [-0.4, -0.2) is 49.1 Å². The van der Waals surface area contributed by atoms with E-state index in [0.29, 0.717) is 18.8 Å². The van der Waals surface area contributed by atoms with Crippen LogP contribution in [0.15, 0.2) is 6.20 Å². The van der Waals surface area contributed by atoms with Gasteiger partial charge in [-0.05, 0) is 19.3 Å². The summed E-state index contributed by atoms with van der Waals surface area (Å²) in [6, 6.07) is 0. The summed E-state index contributed by atoms with van der Waals surface area (Å²) in [5.41, 5.74) is 0.700. The maximum absolute atomic E-state index is 11.8. The fourth-order valence-electron chi connectivity index (χ4n) is 2.25. The molecule has 0 radical (unpaired) electrons. The molecule has 0 aromatic carbocycles. The number of carbonyl (C=O) groups excluding carboxylic acids is 2. The van der Waals surface area contributed by atoms with Crippen LogP contribution >= 0.6 is 0 Å². The van der Waals surface area contributed by atoms with Crippen LogP contribution in [0.3, 0.4) is 0 Å². The van der Waals surface area contributed by atoms with Crippen molar-refractivity contribution in [2.75, 3.05) is 32.7 Å². The van der Waals surface area contributed by atoms with Crippen LogP contribution in [-0.2, 0) is 19.0 Å². The van der Waals surface area contributed by atoms with Crippen LogP contribution in [0.25, 0.3) is 0 Å². The predicted octanol–water partition coefficient (Wildman–Crippen LogP) is 1.34. The number of hydrogen-bond donors (Lipinski definition) is 1. The lowest BCUT2D eigenvalue weighted by atomic mass is 10.2. The van der Waals surface area contributed by atoms with Crippen molar-refractivity contribution in [2.45, 2.75) is 31.9 Å². The summed E-state index contributed by atoms with van der Waals surface area (Å²) in [7, 11) is 2.64. The average Bonchev–Trinajstić information content (AvgIpc) is 2.99. The van der Waals surface area contributed by atoms with Crippen LogP contribution in [0.5, 0.6) is 0 Å². The van der Waals surface area contributed by atoms with Crippen LogP contribution < -0.4 is 5.32 Å². The minimum atomic E-state index is -0.532. The smallest absolute Gasteiger partial charge is 0.360 e. The van der Waals surface area contributed by atoms with Crippen molar-refractivity contribution in [3.8, 4) is 0 Å². The number of ether oxygens (including phenoxy) is 3. The number of anilines is 1. The van der Waals surface area contributed by atoms with Crippen molar-refractivity contribution >= 4 is 17.6 Å². The first-order chi connectivity index (χ1) is 10.7. The van der Waals surface area contributed by atoms with E-state index in [1.165, 1.54) is 14.2 Å².